The molecule has 0 saturated carbocycles. The van der Waals surface area contributed by atoms with E-state index in [1.54, 1.807) is 0 Å². The summed E-state index contributed by atoms with van der Waals surface area (Å²) >= 11 is 5.50. The van der Waals surface area contributed by atoms with Gasteiger partial charge in [-0.15, -0.1) is 0 Å². The molecule has 2 aromatic rings. The van der Waals surface area contributed by atoms with Gasteiger partial charge < -0.3 is 0 Å². The summed E-state index contributed by atoms with van der Waals surface area (Å²) in [6.07, 6.45) is 2.24. The van der Waals surface area contributed by atoms with E-state index in [9.17, 15) is 14.0 Å². The van der Waals surface area contributed by atoms with Crippen LogP contribution in [0.15, 0.2) is 40.2 Å². The summed E-state index contributed by atoms with van der Waals surface area (Å²) in [5, 5.41) is 3.09. The summed E-state index contributed by atoms with van der Waals surface area (Å²) < 4.78 is 13.9. The molecule has 18 heavy (non-hydrogen) atoms. The van der Waals surface area contributed by atoms with Crippen LogP contribution in [0.4, 0.5) is 10.1 Å². The molecule has 0 spiro atoms. The van der Waals surface area contributed by atoms with Crippen molar-refractivity contribution in [1.82, 2.24) is 9.78 Å². The molecule has 0 amide bonds. The Morgan fingerprint density at radius 1 is 1.33 bits per heavy atom. The van der Waals surface area contributed by atoms with Crippen molar-refractivity contribution in [2.45, 2.75) is 0 Å². The van der Waals surface area contributed by atoms with E-state index in [1.807, 2.05) is 0 Å². The lowest BCUT2D eigenvalue weighted by atomic mass is 10.3. The predicted octanol–water partition coefficient (Wildman–Crippen LogP) is 1.99. The first kappa shape index (κ1) is 12.2. The van der Waals surface area contributed by atoms with Crippen molar-refractivity contribution in [3.05, 3.63) is 51.7 Å². The van der Waals surface area contributed by atoms with Gasteiger partial charge in [0.25, 0.3) is 5.56 Å². The number of hydrogen-bond acceptors (Lipinski definition) is 4. The summed E-state index contributed by atoms with van der Waals surface area (Å²) in [6.45, 7) is 0. The lowest BCUT2D eigenvalue weighted by molar-refractivity contribution is 0.565. The second-order valence-electron chi connectivity index (χ2n) is 3.24. The molecular formula is C11H5ClFN3O2. The number of aliphatic imine (C=N–C) groups is 1. The van der Waals surface area contributed by atoms with Gasteiger partial charge >= 0.3 is 0 Å². The van der Waals surface area contributed by atoms with Crippen molar-refractivity contribution >= 4 is 23.4 Å². The number of halogens is 2. The molecule has 0 aliphatic heterocycles. The van der Waals surface area contributed by atoms with Crippen molar-refractivity contribution in [3.8, 4) is 5.69 Å². The van der Waals surface area contributed by atoms with Gasteiger partial charge in [0.2, 0.25) is 6.08 Å². The summed E-state index contributed by atoms with van der Waals surface area (Å²) in [5.74, 6) is -0.875. The molecule has 0 bridgehead atoms. The number of nitrogens with zero attached hydrogens (tertiary/aromatic N) is 3. The topological polar surface area (TPSA) is 64.3 Å². The molecule has 2 rings (SSSR count). The third kappa shape index (κ3) is 2.20. The van der Waals surface area contributed by atoms with Crippen LogP contribution in [-0.2, 0) is 4.79 Å². The molecule has 0 radical (unpaired) electrons. The summed E-state index contributed by atoms with van der Waals surface area (Å²) in [4.78, 5) is 25.1. The monoisotopic (exact) mass is 265 g/mol. The third-order valence-electron chi connectivity index (χ3n) is 2.15. The number of carbonyl (C=O) groups excluding carboxylic acids is 1. The van der Waals surface area contributed by atoms with Crippen molar-refractivity contribution in [3.63, 3.8) is 0 Å². The van der Waals surface area contributed by atoms with Crippen LogP contribution in [0, 0.1) is 5.82 Å². The first-order chi connectivity index (χ1) is 8.63. The molecule has 5 nitrogen and oxygen atoms in total. The molecule has 0 N–H and O–H groups in total. The van der Waals surface area contributed by atoms with Gasteiger partial charge in [0, 0.05) is 0 Å². The van der Waals surface area contributed by atoms with Crippen LogP contribution in [0.5, 0.6) is 0 Å². The summed E-state index contributed by atoms with van der Waals surface area (Å²) in [6, 6.07) is 5.98. The van der Waals surface area contributed by atoms with Crippen LogP contribution in [0.25, 0.3) is 5.69 Å². The molecule has 1 heterocycles. The number of benzene rings is 1. The highest BCUT2D eigenvalue weighted by molar-refractivity contribution is 6.30. The quantitative estimate of drug-likeness (QED) is 0.616. The highest BCUT2D eigenvalue weighted by Gasteiger charge is 2.09. The Labute approximate surface area is 105 Å². The summed E-state index contributed by atoms with van der Waals surface area (Å²) in [7, 11) is 0. The minimum absolute atomic E-state index is 0.381. The second kappa shape index (κ2) is 4.91. The number of aromatic nitrogens is 2. The fourth-order valence-electron chi connectivity index (χ4n) is 1.32. The minimum Gasteiger partial charge on any atom is -0.266 e. The maximum absolute atomic E-state index is 13.0. The van der Waals surface area contributed by atoms with Crippen LogP contribution >= 0.6 is 11.6 Å². The molecule has 0 atom stereocenters. The molecule has 0 aliphatic rings. The molecule has 1 aromatic carbocycles. The Morgan fingerprint density at radius 2 is 2.00 bits per heavy atom. The zero-order chi connectivity index (χ0) is 13.1. The predicted molar refractivity (Wildman–Crippen MR) is 62.6 cm³/mol. The van der Waals surface area contributed by atoms with E-state index in [-0.39, 0.29) is 0 Å². The zero-order valence-electron chi connectivity index (χ0n) is 8.80. The molecule has 1 aromatic heterocycles. The zero-order valence-corrected chi connectivity index (χ0v) is 9.56. The van der Waals surface area contributed by atoms with Crippen LogP contribution < -0.4 is 5.56 Å². The maximum atomic E-state index is 13.0. The van der Waals surface area contributed by atoms with Gasteiger partial charge in [0.05, 0.1) is 17.6 Å². The molecular weight excluding hydrogens is 261 g/mol. The van der Waals surface area contributed by atoms with Crippen LogP contribution in [0.2, 0.25) is 5.02 Å². The van der Waals surface area contributed by atoms with Crippen LogP contribution in [-0.4, -0.2) is 15.9 Å². The molecule has 0 aliphatic carbocycles. The average molecular weight is 266 g/mol. The van der Waals surface area contributed by atoms with E-state index in [1.165, 1.54) is 30.3 Å². The minimum atomic E-state index is -0.875. The van der Waals surface area contributed by atoms with E-state index in [0.717, 1.165) is 10.9 Å². The second-order valence-corrected chi connectivity index (χ2v) is 3.62. The molecule has 0 fully saturated rings. The largest absolute Gasteiger partial charge is 0.293 e. The molecule has 7 heteroatoms. The van der Waals surface area contributed by atoms with Crippen molar-refractivity contribution < 1.29 is 9.18 Å². The van der Waals surface area contributed by atoms with Gasteiger partial charge in [-0.2, -0.15) is 14.8 Å². The third-order valence-corrected chi connectivity index (χ3v) is 2.49. The maximum Gasteiger partial charge on any atom is 0.293 e. The SMILES string of the molecule is O=C=Nc1ccc(-n2ncc(F)c(Cl)c2=O)cc1. The van der Waals surface area contributed by atoms with Crippen LogP contribution in [0.3, 0.4) is 0 Å². The average Bonchev–Trinajstić information content (AvgIpc) is 2.38. The lowest BCUT2D eigenvalue weighted by Crippen LogP contribution is -2.22. The van der Waals surface area contributed by atoms with Crippen molar-refractivity contribution in [2.75, 3.05) is 0 Å². The van der Waals surface area contributed by atoms with E-state index in [0.29, 0.717) is 11.4 Å². The van der Waals surface area contributed by atoms with E-state index < -0.39 is 16.4 Å². The van der Waals surface area contributed by atoms with E-state index in [2.05, 4.69) is 10.1 Å². The Kier molecular flexibility index (Phi) is 3.32. The van der Waals surface area contributed by atoms with Gasteiger partial charge in [-0.05, 0) is 24.3 Å². The number of hydrogen-bond donors (Lipinski definition) is 0. The summed E-state index contributed by atoms with van der Waals surface area (Å²) in [5.41, 5.74) is 0.00469. The lowest BCUT2D eigenvalue weighted by Gasteiger charge is -2.04. The van der Waals surface area contributed by atoms with E-state index >= 15 is 0 Å². The molecule has 90 valence electrons. The first-order valence-corrected chi connectivity index (χ1v) is 5.13. The van der Waals surface area contributed by atoms with Gasteiger partial charge in [-0.3, -0.25) is 4.79 Å². The Hall–Kier alpha value is -2.30. The molecule has 0 saturated heterocycles. The van der Waals surface area contributed by atoms with Gasteiger partial charge in [-0.1, -0.05) is 11.6 Å². The van der Waals surface area contributed by atoms with Crippen molar-refractivity contribution in [2.24, 2.45) is 4.99 Å². The highest BCUT2D eigenvalue weighted by Crippen LogP contribution is 2.14. The fourth-order valence-corrected chi connectivity index (χ4v) is 1.45. The normalized spacial score (nSPS) is 9.89. The molecule has 0 unspecified atom stereocenters. The first-order valence-electron chi connectivity index (χ1n) is 4.75. The smallest absolute Gasteiger partial charge is 0.266 e. The highest BCUT2D eigenvalue weighted by atomic mass is 35.5. The Balaban J connectivity index is 2.53. The number of isocyanates is 1. The van der Waals surface area contributed by atoms with E-state index in [4.69, 9.17) is 11.6 Å². The van der Waals surface area contributed by atoms with Crippen LogP contribution in [0.1, 0.15) is 0 Å². The Morgan fingerprint density at radius 3 is 2.61 bits per heavy atom. The van der Waals surface area contributed by atoms with Gasteiger partial charge in [0.1, 0.15) is 5.02 Å². The van der Waals surface area contributed by atoms with Crippen molar-refractivity contribution in [1.29, 1.82) is 0 Å². The fraction of sp³-hybridized carbons (Fsp3) is 0. The van der Waals surface area contributed by atoms with Gasteiger partial charge in [-0.25, -0.2) is 9.18 Å². The standard InChI is InChI=1S/C11H5ClFN3O2/c12-10-9(13)5-15-16(11(10)18)8-3-1-7(2-4-8)14-6-17/h1-5H. The van der Waals surface area contributed by atoms with Gasteiger partial charge in [0.15, 0.2) is 5.82 Å². The Bertz CT molecular complexity index is 690. The number of rotatable bonds is 2.